The summed E-state index contributed by atoms with van der Waals surface area (Å²) in [7, 11) is 0. The van der Waals surface area contributed by atoms with Crippen LogP contribution in [0.1, 0.15) is 30.3 Å². The van der Waals surface area contributed by atoms with E-state index in [9.17, 15) is 0 Å². The molecule has 0 aliphatic heterocycles. The maximum atomic E-state index is 5.87. The van der Waals surface area contributed by atoms with Crippen LogP contribution < -0.4 is 10.1 Å². The van der Waals surface area contributed by atoms with Crippen molar-refractivity contribution in [1.82, 2.24) is 9.97 Å². The van der Waals surface area contributed by atoms with Crippen LogP contribution in [0.25, 0.3) is 0 Å². The molecule has 1 heterocycles. The Morgan fingerprint density at radius 2 is 1.90 bits per heavy atom. The van der Waals surface area contributed by atoms with Crippen molar-refractivity contribution in [3.05, 3.63) is 41.2 Å². The summed E-state index contributed by atoms with van der Waals surface area (Å²) in [6.45, 7) is 8.98. The number of ether oxygens (including phenoxy) is 1. The first-order valence-corrected chi connectivity index (χ1v) is 6.93. The molecular weight excluding hydrogens is 250 g/mol. The molecule has 0 bridgehead atoms. The van der Waals surface area contributed by atoms with Crippen molar-refractivity contribution in [3.63, 3.8) is 0 Å². The summed E-state index contributed by atoms with van der Waals surface area (Å²) in [5.41, 5.74) is 2.32. The first-order valence-electron chi connectivity index (χ1n) is 6.93. The fraction of sp³-hybridized carbons (Fsp3) is 0.375. The fourth-order valence-electron chi connectivity index (χ4n) is 1.96. The molecule has 0 atom stereocenters. The second kappa shape index (κ2) is 6.37. The number of rotatable bonds is 5. The zero-order chi connectivity index (χ0) is 14.5. The van der Waals surface area contributed by atoms with Gasteiger partial charge in [-0.2, -0.15) is 4.98 Å². The molecule has 0 saturated heterocycles. The third kappa shape index (κ3) is 3.70. The maximum absolute atomic E-state index is 5.87. The summed E-state index contributed by atoms with van der Waals surface area (Å²) >= 11 is 0. The van der Waals surface area contributed by atoms with Gasteiger partial charge < -0.3 is 10.1 Å². The lowest BCUT2D eigenvalue weighted by atomic mass is 10.1. The number of aryl methyl sites for hydroxylation is 3. The van der Waals surface area contributed by atoms with Crippen LogP contribution in [-0.4, -0.2) is 16.5 Å². The minimum absolute atomic E-state index is 0.572. The molecule has 0 spiro atoms. The van der Waals surface area contributed by atoms with Gasteiger partial charge in [-0.1, -0.05) is 24.6 Å². The first kappa shape index (κ1) is 14.3. The van der Waals surface area contributed by atoms with Crippen LogP contribution in [0.15, 0.2) is 24.3 Å². The van der Waals surface area contributed by atoms with Crippen molar-refractivity contribution >= 4 is 5.82 Å². The van der Waals surface area contributed by atoms with E-state index in [1.807, 2.05) is 32.0 Å². The Balaban J connectivity index is 2.21. The number of nitrogens with one attached hydrogen (secondary N) is 1. The topological polar surface area (TPSA) is 47.0 Å². The summed E-state index contributed by atoms with van der Waals surface area (Å²) in [5.74, 6) is 2.91. The fourth-order valence-corrected chi connectivity index (χ4v) is 1.96. The van der Waals surface area contributed by atoms with Gasteiger partial charge in [-0.25, -0.2) is 4.98 Å². The summed E-state index contributed by atoms with van der Waals surface area (Å²) in [6.07, 6.45) is 1.05. The number of hydrogen-bond acceptors (Lipinski definition) is 4. The average molecular weight is 271 g/mol. The molecule has 20 heavy (non-hydrogen) atoms. The molecule has 106 valence electrons. The highest BCUT2D eigenvalue weighted by molar-refractivity contribution is 5.42. The number of anilines is 1. The Kier molecular flexibility index (Phi) is 4.56. The molecule has 0 aliphatic carbocycles. The van der Waals surface area contributed by atoms with Crippen LogP contribution in [0, 0.1) is 20.8 Å². The zero-order valence-corrected chi connectivity index (χ0v) is 12.5. The molecule has 2 rings (SSSR count). The quantitative estimate of drug-likeness (QED) is 0.892. The average Bonchev–Trinajstić information content (AvgIpc) is 2.39. The smallest absolute Gasteiger partial charge is 0.224 e. The summed E-state index contributed by atoms with van der Waals surface area (Å²) < 4.78 is 5.87. The van der Waals surface area contributed by atoms with Crippen molar-refractivity contribution in [2.24, 2.45) is 0 Å². The summed E-state index contributed by atoms with van der Waals surface area (Å²) in [4.78, 5) is 8.67. The number of nitrogens with zero attached hydrogens (tertiary/aromatic N) is 2. The zero-order valence-electron chi connectivity index (χ0n) is 12.5. The van der Waals surface area contributed by atoms with E-state index in [-0.39, 0.29) is 0 Å². The highest BCUT2D eigenvalue weighted by Crippen LogP contribution is 2.25. The molecule has 1 aromatic carbocycles. The molecular formula is C16H21N3O. The molecule has 0 amide bonds. The molecule has 4 nitrogen and oxygen atoms in total. The van der Waals surface area contributed by atoms with Gasteiger partial charge >= 0.3 is 0 Å². The van der Waals surface area contributed by atoms with Gasteiger partial charge in [-0.05, 0) is 38.8 Å². The molecule has 1 aromatic heterocycles. The van der Waals surface area contributed by atoms with E-state index < -0.39 is 0 Å². The van der Waals surface area contributed by atoms with Crippen LogP contribution in [0.5, 0.6) is 11.6 Å². The molecule has 0 radical (unpaired) electrons. The van der Waals surface area contributed by atoms with Gasteiger partial charge in [0.25, 0.3) is 0 Å². The third-order valence-electron chi connectivity index (χ3n) is 2.92. The van der Waals surface area contributed by atoms with E-state index in [4.69, 9.17) is 4.74 Å². The third-order valence-corrected chi connectivity index (χ3v) is 2.92. The summed E-state index contributed by atoms with van der Waals surface area (Å²) in [5, 5.41) is 3.25. The minimum atomic E-state index is 0.572. The standard InChI is InChI=1S/C16H21N3O/c1-5-8-17-15-10-16(19-13(4)18-15)20-14-7-6-11(2)9-12(14)3/h6-7,9-10H,5,8H2,1-4H3,(H,17,18,19). The predicted molar refractivity (Wildman–Crippen MR) is 81.5 cm³/mol. The van der Waals surface area contributed by atoms with E-state index >= 15 is 0 Å². The molecule has 2 aromatic rings. The lowest BCUT2D eigenvalue weighted by molar-refractivity contribution is 0.456. The molecule has 1 N–H and O–H groups in total. The lowest BCUT2D eigenvalue weighted by Gasteiger charge is -2.11. The van der Waals surface area contributed by atoms with Crippen LogP contribution >= 0.6 is 0 Å². The van der Waals surface area contributed by atoms with Gasteiger partial charge in [0.15, 0.2) is 0 Å². The minimum Gasteiger partial charge on any atom is -0.439 e. The number of hydrogen-bond donors (Lipinski definition) is 1. The summed E-state index contributed by atoms with van der Waals surface area (Å²) in [6, 6.07) is 7.94. The van der Waals surface area contributed by atoms with Gasteiger partial charge in [-0.3, -0.25) is 0 Å². The monoisotopic (exact) mass is 271 g/mol. The van der Waals surface area contributed by atoms with Gasteiger partial charge in [0.05, 0.1) is 0 Å². The molecule has 0 aliphatic rings. The van der Waals surface area contributed by atoms with E-state index in [1.54, 1.807) is 0 Å². The van der Waals surface area contributed by atoms with Crippen LogP contribution in [-0.2, 0) is 0 Å². The SMILES string of the molecule is CCCNc1cc(Oc2ccc(C)cc2C)nc(C)n1. The van der Waals surface area contributed by atoms with Crippen molar-refractivity contribution < 1.29 is 4.74 Å². The second-order valence-corrected chi connectivity index (χ2v) is 4.94. The Labute approximate surface area is 120 Å². The highest BCUT2D eigenvalue weighted by Gasteiger charge is 2.06. The van der Waals surface area contributed by atoms with Crippen molar-refractivity contribution in [1.29, 1.82) is 0 Å². The van der Waals surface area contributed by atoms with E-state index in [0.717, 1.165) is 30.1 Å². The van der Waals surface area contributed by atoms with Crippen LogP contribution in [0.3, 0.4) is 0 Å². The van der Waals surface area contributed by atoms with Gasteiger partial charge in [0.2, 0.25) is 5.88 Å². The van der Waals surface area contributed by atoms with Crippen molar-refractivity contribution in [2.45, 2.75) is 34.1 Å². The van der Waals surface area contributed by atoms with Crippen LogP contribution in [0.4, 0.5) is 5.82 Å². The van der Waals surface area contributed by atoms with Crippen LogP contribution in [0.2, 0.25) is 0 Å². The second-order valence-electron chi connectivity index (χ2n) is 4.94. The van der Waals surface area contributed by atoms with Gasteiger partial charge in [0, 0.05) is 12.6 Å². The van der Waals surface area contributed by atoms with Gasteiger partial charge in [-0.15, -0.1) is 0 Å². The van der Waals surface area contributed by atoms with Crippen molar-refractivity contribution in [3.8, 4) is 11.6 Å². The maximum Gasteiger partial charge on any atom is 0.224 e. The normalized spacial score (nSPS) is 10.4. The largest absolute Gasteiger partial charge is 0.439 e. The van der Waals surface area contributed by atoms with Gasteiger partial charge in [0.1, 0.15) is 17.4 Å². The number of aromatic nitrogens is 2. The lowest BCUT2D eigenvalue weighted by Crippen LogP contribution is -2.04. The highest BCUT2D eigenvalue weighted by atomic mass is 16.5. The Bertz CT molecular complexity index is 596. The van der Waals surface area contributed by atoms with E-state index in [2.05, 4.69) is 35.2 Å². The molecule has 4 heteroatoms. The molecule has 0 saturated carbocycles. The molecule has 0 unspecified atom stereocenters. The molecule has 0 fully saturated rings. The van der Waals surface area contributed by atoms with Crippen molar-refractivity contribution in [2.75, 3.05) is 11.9 Å². The number of benzene rings is 1. The Morgan fingerprint density at radius 1 is 1.10 bits per heavy atom. The van der Waals surface area contributed by atoms with E-state index in [1.165, 1.54) is 5.56 Å². The first-order chi connectivity index (χ1) is 9.58. The Morgan fingerprint density at radius 3 is 2.60 bits per heavy atom. The Hall–Kier alpha value is -2.10. The predicted octanol–water partition coefficient (Wildman–Crippen LogP) is 4.02. The van der Waals surface area contributed by atoms with E-state index in [0.29, 0.717) is 11.7 Å².